The van der Waals surface area contributed by atoms with Crippen LogP contribution in [0.15, 0.2) is 48.1 Å². The molecule has 0 aliphatic heterocycles. The number of carbonyl (C=O) groups excluding carboxylic acids is 2. The maximum Gasteiger partial charge on any atom is 0.258 e. The van der Waals surface area contributed by atoms with Crippen LogP contribution in [0.3, 0.4) is 0 Å². The van der Waals surface area contributed by atoms with Crippen LogP contribution in [0.2, 0.25) is 0 Å². The SMILES string of the molecule is O=C(COc1ncnc2scc(-c3ccc(F)cc3)c12)NCC(=O)Nc1ccc(F)c(F)c1F. The number of amides is 2. The highest BCUT2D eigenvalue weighted by Gasteiger charge is 2.17. The molecule has 12 heteroatoms. The quantitative estimate of drug-likeness (QED) is 0.301. The van der Waals surface area contributed by atoms with Gasteiger partial charge >= 0.3 is 0 Å². The highest BCUT2D eigenvalue weighted by molar-refractivity contribution is 7.17. The van der Waals surface area contributed by atoms with E-state index in [-0.39, 0.29) is 11.7 Å². The number of ether oxygens (including phenoxy) is 1. The third-order valence-electron chi connectivity index (χ3n) is 4.59. The molecular weight excluding hydrogens is 476 g/mol. The lowest BCUT2D eigenvalue weighted by atomic mass is 10.1. The lowest BCUT2D eigenvalue weighted by molar-refractivity contribution is -0.125. The number of thiophene rings is 1. The molecular formula is C22H14F4N4O3S. The van der Waals surface area contributed by atoms with Gasteiger partial charge in [-0.25, -0.2) is 27.5 Å². The average Bonchev–Trinajstić information content (AvgIpc) is 3.27. The van der Waals surface area contributed by atoms with Gasteiger partial charge in [-0.3, -0.25) is 9.59 Å². The second-order valence-electron chi connectivity index (χ2n) is 6.85. The molecule has 34 heavy (non-hydrogen) atoms. The number of hydrogen-bond acceptors (Lipinski definition) is 6. The molecule has 2 amide bonds. The molecule has 2 aromatic carbocycles. The Balaban J connectivity index is 1.38. The fourth-order valence-corrected chi connectivity index (χ4v) is 3.89. The molecule has 0 unspecified atom stereocenters. The first kappa shape index (κ1) is 23.1. The van der Waals surface area contributed by atoms with E-state index < -0.39 is 48.1 Å². The van der Waals surface area contributed by atoms with Crippen molar-refractivity contribution in [2.45, 2.75) is 0 Å². The van der Waals surface area contributed by atoms with Gasteiger partial charge < -0.3 is 15.4 Å². The summed E-state index contributed by atoms with van der Waals surface area (Å²) in [6, 6.07) is 7.33. The van der Waals surface area contributed by atoms with Gasteiger partial charge in [-0.1, -0.05) is 12.1 Å². The van der Waals surface area contributed by atoms with Gasteiger partial charge in [-0.2, -0.15) is 0 Å². The number of hydrogen-bond donors (Lipinski definition) is 2. The van der Waals surface area contributed by atoms with Crippen LogP contribution in [0.4, 0.5) is 23.2 Å². The number of benzene rings is 2. The number of anilines is 1. The molecule has 4 aromatic rings. The molecule has 2 N–H and O–H groups in total. The highest BCUT2D eigenvalue weighted by atomic mass is 32.1. The summed E-state index contributed by atoms with van der Waals surface area (Å²) in [5.41, 5.74) is 0.838. The zero-order valence-electron chi connectivity index (χ0n) is 17.1. The van der Waals surface area contributed by atoms with Gasteiger partial charge in [-0.15, -0.1) is 11.3 Å². The van der Waals surface area contributed by atoms with E-state index in [1.807, 2.05) is 5.32 Å². The van der Waals surface area contributed by atoms with E-state index in [1.165, 1.54) is 29.8 Å². The van der Waals surface area contributed by atoms with Crippen LogP contribution >= 0.6 is 11.3 Å². The number of fused-ring (bicyclic) bond motifs is 1. The fourth-order valence-electron chi connectivity index (χ4n) is 2.98. The molecule has 0 fully saturated rings. The molecule has 7 nitrogen and oxygen atoms in total. The van der Waals surface area contributed by atoms with Gasteiger partial charge in [0.1, 0.15) is 17.0 Å². The number of halogens is 4. The first-order chi connectivity index (χ1) is 16.3. The summed E-state index contributed by atoms with van der Waals surface area (Å²) in [5, 5.41) is 6.65. The lowest BCUT2D eigenvalue weighted by Crippen LogP contribution is -2.36. The maximum absolute atomic E-state index is 13.6. The van der Waals surface area contributed by atoms with Crippen LogP contribution < -0.4 is 15.4 Å². The zero-order valence-corrected chi connectivity index (χ0v) is 17.9. The van der Waals surface area contributed by atoms with Gasteiger partial charge in [0.2, 0.25) is 11.8 Å². The van der Waals surface area contributed by atoms with Crippen molar-refractivity contribution in [2.75, 3.05) is 18.5 Å². The Labute approximate surface area is 193 Å². The highest BCUT2D eigenvalue weighted by Crippen LogP contribution is 2.37. The molecule has 4 rings (SSSR count). The van der Waals surface area contributed by atoms with Crippen molar-refractivity contribution in [1.29, 1.82) is 0 Å². The van der Waals surface area contributed by atoms with Crippen LogP contribution in [-0.2, 0) is 9.59 Å². The summed E-state index contributed by atoms with van der Waals surface area (Å²) in [4.78, 5) is 32.9. The molecule has 0 radical (unpaired) electrons. The second-order valence-corrected chi connectivity index (χ2v) is 7.71. The Bertz CT molecular complexity index is 1380. The van der Waals surface area contributed by atoms with E-state index in [2.05, 4.69) is 15.3 Å². The molecule has 0 aliphatic rings. The largest absolute Gasteiger partial charge is 0.467 e. The monoisotopic (exact) mass is 490 g/mol. The van der Waals surface area contributed by atoms with Crippen LogP contribution in [0.1, 0.15) is 0 Å². The maximum atomic E-state index is 13.6. The number of nitrogens with zero attached hydrogens (tertiary/aromatic N) is 2. The minimum Gasteiger partial charge on any atom is -0.467 e. The molecule has 2 aromatic heterocycles. The van der Waals surface area contributed by atoms with Crippen molar-refractivity contribution in [3.63, 3.8) is 0 Å². The van der Waals surface area contributed by atoms with Crippen molar-refractivity contribution >= 4 is 39.1 Å². The van der Waals surface area contributed by atoms with Gasteiger partial charge in [-0.05, 0) is 29.8 Å². The smallest absolute Gasteiger partial charge is 0.258 e. The number of carbonyl (C=O) groups is 2. The summed E-state index contributed by atoms with van der Waals surface area (Å²) in [6.07, 6.45) is 1.27. The van der Waals surface area contributed by atoms with Crippen molar-refractivity contribution in [3.8, 4) is 17.0 Å². The van der Waals surface area contributed by atoms with E-state index in [9.17, 15) is 27.2 Å². The summed E-state index contributed by atoms with van der Waals surface area (Å²) in [6.45, 7) is -1.07. The van der Waals surface area contributed by atoms with Gasteiger partial charge in [0, 0.05) is 10.9 Å². The molecule has 0 aliphatic carbocycles. The topological polar surface area (TPSA) is 93.2 Å². The standard InChI is InChI=1S/C22H14F4N4O3S/c23-12-3-1-11(2-4-12)13-9-34-22-18(13)21(28-10-29-22)33-8-17(32)27-7-16(31)30-15-6-5-14(24)19(25)20(15)26/h1-6,9-10H,7-8H2,(H,27,32)(H,30,31). The molecule has 174 valence electrons. The Kier molecular flexibility index (Phi) is 6.68. The van der Waals surface area contributed by atoms with Gasteiger partial charge in [0.05, 0.1) is 17.6 Å². The van der Waals surface area contributed by atoms with E-state index in [0.717, 1.165) is 6.07 Å². The third-order valence-corrected chi connectivity index (χ3v) is 5.47. The predicted octanol–water partition coefficient (Wildman–Crippen LogP) is 4.05. The van der Waals surface area contributed by atoms with E-state index in [0.29, 0.717) is 27.4 Å². The Morgan fingerprint density at radius 1 is 0.941 bits per heavy atom. The molecule has 2 heterocycles. The second kappa shape index (κ2) is 9.83. The fraction of sp³-hybridized carbons (Fsp3) is 0.0909. The summed E-state index contributed by atoms with van der Waals surface area (Å²) < 4.78 is 58.6. The predicted molar refractivity (Wildman–Crippen MR) is 116 cm³/mol. The summed E-state index contributed by atoms with van der Waals surface area (Å²) in [5.74, 6) is -6.49. The van der Waals surface area contributed by atoms with E-state index >= 15 is 0 Å². The Morgan fingerprint density at radius 2 is 1.71 bits per heavy atom. The average molecular weight is 490 g/mol. The third kappa shape index (κ3) is 4.96. The number of nitrogens with one attached hydrogen (secondary N) is 2. The number of rotatable bonds is 7. The molecule has 0 saturated heterocycles. The molecule has 0 spiro atoms. The molecule has 0 saturated carbocycles. The first-order valence-corrected chi connectivity index (χ1v) is 10.5. The normalized spacial score (nSPS) is 10.8. The van der Waals surface area contributed by atoms with Crippen LogP contribution in [-0.4, -0.2) is 34.9 Å². The van der Waals surface area contributed by atoms with Crippen LogP contribution in [0.25, 0.3) is 21.3 Å². The number of aromatic nitrogens is 2. The first-order valence-electron chi connectivity index (χ1n) is 9.64. The minimum atomic E-state index is -1.72. The van der Waals surface area contributed by atoms with Crippen molar-refractivity contribution < 1.29 is 31.9 Å². The van der Waals surface area contributed by atoms with Crippen LogP contribution in [0.5, 0.6) is 5.88 Å². The minimum absolute atomic E-state index is 0.119. The zero-order chi connectivity index (χ0) is 24.2. The van der Waals surface area contributed by atoms with Gasteiger partial charge in [0.25, 0.3) is 5.91 Å². The van der Waals surface area contributed by atoms with Crippen molar-refractivity contribution in [3.05, 3.63) is 71.4 Å². The van der Waals surface area contributed by atoms with Crippen molar-refractivity contribution in [1.82, 2.24) is 15.3 Å². The lowest BCUT2D eigenvalue weighted by Gasteiger charge is -2.10. The van der Waals surface area contributed by atoms with Crippen molar-refractivity contribution in [2.24, 2.45) is 0 Å². The van der Waals surface area contributed by atoms with E-state index in [1.54, 1.807) is 17.5 Å². The summed E-state index contributed by atoms with van der Waals surface area (Å²) >= 11 is 1.32. The van der Waals surface area contributed by atoms with E-state index in [4.69, 9.17) is 4.74 Å². The summed E-state index contributed by atoms with van der Waals surface area (Å²) in [7, 11) is 0. The molecule has 0 bridgehead atoms. The van der Waals surface area contributed by atoms with Gasteiger partial charge in [0.15, 0.2) is 24.1 Å². The molecule has 0 atom stereocenters. The van der Waals surface area contributed by atoms with Crippen LogP contribution in [0, 0.1) is 23.3 Å². The Morgan fingerprint density at radius 3 is 2.47 bits per heavy atom. The Hall–Kier alpha value is -4.06.